The van der Waals surface area contributed by atoms with E-state index in [-0.39, 0.29) is 59.0 Å². The Balaban J connectivity index is 1.78. The highest BCUT2D eigenvalue weighted by Crippen LogP contribution is 2.41. The second-order valence-electron chi connectivity index (χ2n) is 9.70. The number of benzene rings is 1. The van der Waals surface area contributed by atoms with Crippen LogP contribution in [0.15, 0.2) is 47.6 Å². The van der Waals surface area contributed by atoms with Gasteiger partial charge < -0.3 is 23.8 Å². The van der Waals surface area contributed by atoms with Crippen molar-refractivity contribution in [1.82, 2.24) is 19.7 Å². The first-order valence-corrected chi connectivity index (χ1v) is 16.8. The summed E-state index contributed by atoms with van der Waals surface area (Å²) in [4.78, 5) is 15.0. The average molecular weight is 637 g/mol. The van der Waals surface area contributed by atoms with E-state index >= 15 is 0 Å². The molecule has 16 heteroatoms. The number of para-hydroxylation sites is 2. The minimum absolute atomic E-state index is 0.0612. The lowest BCUT2D eigenvalue weighted by Gasteiger charge is -2.28. The number of ether oxygens (including phenoxy) is 4. The summed E-state index contributed by atoms with van der Waals surface area (Å²) in [5, 5.41) is -0.219. The largest absolute Gasteiger partial charge is 0.493 e. The summed E-state index contributed by atoms with van der Waals surface area (Å²) >= 11 is 0. The van der Waals surface area contributed by atoms with Crippen LogP contribution in [0, 0.1) is 0 Å². The van der Waals surface area contributed by atoms with E-state index in [0.717, 1.165) is 5.56 Å². The van der Waals surface area contributed by atoms with E-state index in [1.54, 1.807) is 30.3 Å². The molecule has 0 saturated carbocycles. The second-order valence-corrected chi connectivity index (χ2v) is 13.4. The van der Waals surface area contributed by atoms with Gasteiger partial charge in [-0.3, -0.25) is 4.72 Å². The number of rotatable bonds is 14. The summed E-state index contributed by atoms with van der Waals surface area (Å²) in [5.41, 5.74) is 0.880. The normalized spacial score (nSPS) is 14.0. The number of aromatic nitrogens is 3. The first-order chi connectivity index (χ1) is 20.5. The summed E-state index contributed by atoms with van der Waals surface area (Å²) in [5.74, 6) is 0.368. The Labute approximate surface area is 251 Å². The molecule has 3 aromatic rings. The fourth-order valence-electron chi connectivity index (χ4n) is 3.91. The van der Waals surface area contributed by atoms with Crippen molar-refractivity contribution in [3.05, 3.63) is 48.2 Å². The fourth-order valence-corrected chi connectivity index (χ4v) is 5.45. The van der Waals surface area contributed by atoms with Crippen LogP contribution >= 0.6 is 0 Å². The summed E-state index contributed by atoms with van der Waals surface area (Å²) < 4.78 is 78.8. The summed E-state index contributed by atoms with van der Waals surface area (Å²) in [6.07, 6.45) is 1.51. The number of anilines is 2. The molecule has 234 valence electrons. The van der Waals surface area contributed by atoms with E-state index in [1.165, 1.54) is 26.3 Å². The number of hydrogen-bond acceptors (Lipinski definition) is 12. The molecule has 43 heavy (non-hydrogen) atoms. The second kappa shape index (κ2) is 14.2. The predicted octanol–water partition coefficient (Wildman–Crippen LogP) is 2.75. The van der Waals surface area contributed by atoms with Crippen molar-refractivity contribution in [2.45, 2.75) is 31.7 Å². The molecule has 0 radical (unpaired) electrons. The van der Waals surface area contributed by atoms with Crippen molar-refractivity contribution in [2.75, 3.05) is 61.9 Å². The van der Waals surface area contributed by atoms with Crippen LogP contribution in [0.25, 0.3) is 0 Å². The molecule has 4 rings (SSSR count). The first kappa shape index (κ1) is 32.2. The molecule has 0 bridgehead atoms. The van der Waals surface area contributed by atoms with Crippen molar-refractivity contribution < 1.29 is 35.8 Å². The first-order valence-electron chi connectivity index (χ1n) is 13.7. The highest BCUT2D eigenvalue weighted by Gasteiger charge is 2.28. The van der Waals surface area contributed by atoms with Crippen LogP contribution in [0.3, 0.4) is 0 Å². The van der Waals surface area contributed by atoms with Gasteiger partial charge in [0.15, 0.2) is 22.3 Å². The standard InChI is InChI=1S/C27H36N6O8S2/c1-5-42(34,35)29-12-15-40-26-24(41-22-9-7-6-8-21(22)38-4)25(30-27(31-26)33-13-16-39-17-14-33)32-43(36,37)23-11-10-20(18-28-23)19(2)3/h6-11,18-19,29H,5,12-17H2,1-4H3,(H,30,31,32). The Hall–Kier alpha value is -3.73. The highest BCUT2D eigenvalue weighted by molar-refractivity contribution is 7.92. The molecular formula is C27H36N6O8S2. The maximum atomic E-state index is 13.5. The van der Waals surface area contributed by atoms with Crippen LogP contribution in [0.5, 0.6) is 23.1 Å². The maximum Gasteiger partial charge on any atom is 0.280 e. The van der Waals surface area contributed by atoms with Crippen molar-refractivity contribution in [1.29, 1.82) is 0 Å². The van der Waals surface area contributed by atoms with Gasteiger partial charge in [0.2, 0.25) is 21.7 Å². The molecule has 0 unspecified atom stereocenters. The summed E-state index contributed by atoms with van der Waals surface area (Å²) in [6, 6.07) is 9.87. The van der Waals surface area contributed by atoms with Crippen LogP contribution in [0.1, 0.15) is 32.3 Å². The van der Waals surface area contributed by atoms with Gasteiger partial charge in [-0.05, 0) is 36.6 Å². The molecular weight excluding hydrogens is 600 g/mol. The molecule has 0 spiro atoms. The molecule has 2 N–H and O–H groups in total. The molecule has 0 aliphatic carbocycles. The Bertz CT molecular complexity index is 1600. The predicted molar refractivity (Wildman–Crippen MR) is 160 cm³/mol. The number of nitrogens with zero attached hydrogens (tertiary/aromatic N) is 4. The molecule has 1 aromatic carbocycles. The zero-order valence-corrected chi connectivity index (χ0v) is 26.1. The van der Waals surface area contributed by atoms with Crippen molar-refractivity contribution in [3.63, 3.8) is 0 Å². The van der Waals surface area contributed by atoms with E-state index in [9.17, 15) is 16.8 Å². The van der Waals surface area contributed by atoms with Gasteiger partial charge in [0, 0.05) is 25.8 Å². The molecule has 14 nitrogen and oxygen atoms in total. The SMILES string of the molecule is CCS(=O)(=O)NCCOc1nc(N2CCOCC2)nc(NS(=O)(=O)c2ccc(C(C)C)cn2)c1Oc1ccccc1OC. The molecule has 1 saturated heterocycles. The zero-order chi connectivity index (χ0) is 31.0. The number of pyridine rings is 1. The quantitative estimate of drug-likeness (QED) is 0.248. The molecule has 3 heterocycles. The number of methoxy groups -OCH3 is 1. The van der Waals surface area contributed by atoms with Crippen LogP contribution in [-0.2, 0) is 24.8 Å². The Kier molecular flexibility index (Phi) is 10.6. The minimum atomic E-state index is -4.25. The topological polar surface area (TPSA) is 171 Å². The van der Waals surface area contributed by atoms with Crippen molar-refractivity contribution >= 4 is 31.8 Å². The van der Waals surface area contributed by atoms with E-state index in [2.05, 4.69) is 24.4 Å². The molecule has 1 aliphatic heterocycles. The van der Waals surface area contributed by atoms with E-state index in [0.29, 0.717) is 32.1 Å². The van der Waals surface area contributed by atoms with Crippen LogP contribution in [-0.4, -0.2) is 84.1 Å². The van der Waals surface area contributed by atoms with E-state index < -0.39 is 20.0 Å². The Morgan fingerprint density at radius 2 is 1.74 bits per heavy atom. The van der Waals surface area contributed by atoms with E-state index in [1.807, 2.05) is 18.7 Å². The molecule has 0 atom stereocenters. The number of hydrogen-bond donors (Lipinski definition) is 2. The molecule has 2 aromatic heterocycles. The lowest BCUT2D eigenvalue weighted by atomic mass is 10.1. The average Bonchev–Trinajstić information content (AvgIpc) is 3.01. The van der Waals surface area contributed by atoms with Gasteiger partial charge in [0.05, 0.1) is 26.1 Å². The van der Waals surface area contributed by atoms with Gasteiger partial charge in [-0.25, -0.2) is 18.1 Å². The minimum Gasteiger partial charge on any atom is -0.493 e. The van der Waals surface area contributed by atoms with Crippen molar-refractivity contribution in [3.8, 4) is 23.1 Å². The van der Waals surface area contributed by atoms with Gasteiger partial charge >= 0.3 is 0 Å². The van der Waals surface area contributed by atoms with Gasteiger partial charge in [-0.2, -0.15) is 18.4 Å². The van der Waals surface area contributed by atoms with Gasteiger partial charge in [-0.1, -0.05) is 32.0 Å². The lowest BCUT2D eigenvalue weighted by Crippen LogP contribution is -2.37. The zero-order valence-electron chi connectivity index (χ0n) is 24.4. The monoisotopic (exact) mass is 636 g/mol. The smallest absolute Gasteiger partial charge is 0.280 e. The Morgan fingerprint density at radius 3 is 2.37 bits per heavy atom. The third-order valence-electron chi connectivity index (χ3n) is 6.37. The summed E-state index contributed by atoms with van der Waals surface area (Å²) in [7, 11) is -6.26. The van der Waals surface area contributed by atoms with Crippen LogP contribution in [0.4, 0.5) is 11.8 Å². The van der Waals surface area contributed by atoms with Crippen molar-refractivity contribution in [2.24, 2.45) is 0 Å². The molecule has 0 amide bonds. The number of nitrogens with one attached hydrogen (secondary N) is 2. The summed E-state index contributed by atoms with van der Waals surface area (Å²) in [6.45, 7) is 7.03. The third-order valence-corrected chi connectivity index (χ3v) is 9.03. The lowest BCUT2D eigenvalue weighted by molar-refractivity contribution is 0.122. The maximum absolute atomic E-state index is 13.5. The fraction of sp³-hybridized carbons (Fsp3) is 0.444. The molecule has 1 aliphatic rings. The Morgan fingerprint density at radius 1 is 1.02 bits per heavy atom. The van der Waals surface area contributed by atoms with E-state index in [4.69, 9.17) is 18.9 Å². The number of morpholine rings is 1. The highest BCUT2D eigenvalue weighted by atomic mass is 32.2. The van der Waals surface area contributed by atoms with Gasteiger partial charge in [-0.15, -0.1) is 0 Å². The number of sulfonamides is 2. The third kappa shape index (κ3) is 8.43. The van der Waals surface area contributed by atoms with Gasteiger partial charge in [0.25, 0.3) is 15.9 Å². The van der Waals surface area contributed by atoms with Gasteiger partial charge in [0.1, 0.15) is 6.61 Å². The van der Waals surface area contributed by atoms with Crippen LogP contribution < -0.4 is 28.6 Å². The van der Waals surface area contributed by atoms with Crippen LogP contribution in [0.2, 0.25) is 0 Å². The molecule has 1 fully saturated rings.